The zero-order valence-electron chi connectivity index (χ0n) is 14.6. The summed E-state index contributed by atoms with van der Waals surface area (Å²) in [6.07, 6.45) is 0. The molecule has 0 saturated carbocycles. The molecule has 3 rings (SSSR count). The van der Waals surface area contributed by atoms with Crippen LogP contribution in [0.1, 0.15) is 0 Å². The lowest BCUT2D eigenvalue weighted by Gasteiger charge is -2.34. The number of benzene rings is 2. The Kier molecular flexibility index (Phi) is 5.90. The van der Waals surface area contributed by atoms with Crippen LogP contribution in [-0.4, -0.2) is 56.3 Å². The minimum atomic E-state index is -4.13. The third kappa shape index (κ3) is 4.45. The van der Waals surface area contributed by atoms with Crippen molar-refractivity contribution >= 4 is 15.9 Å². The standard InChI is InChI=1S/C18H17F3N2O4S/c19-13-1-4-15(5-2-13)27-12-18(24)22-7-9-23(10-8-22)28(25,26)17-6-3-14(20)11-16(17)21/h1-6,11H,7-10,12H2. The summed E-state index contributed by atoms with van der Waals surface area (Å²) in [5, 5.41) is 0. The topological polar surface area (TPSA) is 66.9 Å². The van der Waals surface area contributed by atoms with Gasteiger partial charge in [0.15, 0.2) is 6.61 Å². The van der Waals surface area contributed by atoms with Crippen molar-refractivity contribution in [3.63, 3.8) is 0 Å². The molecule has 1 aliphatic heterocycles. The summed E-state index contributed by atoms with van der Waals surface area (Å²) in [5.74, 6) is -2.47. The number of rotatable bonds is 5. The Morgan fingerprint density at radius 2 is 1.54 bits per heavy atom. The van der Waals surface area contributed by atoms with E-state index in [0.29, 0.717) is 11.8 Å². The molecule has 0 atom stereocenters. The van der Waals surface area contributed by atoms with Gasteiger partial charge in [0.25, 0.3) is 5.91 Å². The number of hydrogen-bond acceptors (Lipinski definition) is 4. The molecule has 6 nitrogen and oxygen atoms in total. The van der Waals surface area contributed by atoms with Crippen molar-refractivity contribution in [3.05, 3.63) is 59.9 Å². The SMILES string of the molecule is O=C(COc1ccc(F)cc1)N1CCN(S(=O)(=O)c2ccc(F)cc2F)CC1. The molecule has 1 heterocycles. The average Bonchev–Trinajstić information content (AvgIpc) is 2.67. The minimum absolute atomic E-state index is 0.0264. The Balaban J connectivity index is 1.57. The van der Waals surface area contributed by atoms with Gasteiger partial charge >= 0.3 is 0 Å². The van der Waals surface area contributed by atoms with E-state index in [1.165, 1.54) is 29.2 Å². The number of hydrogen-bond donors (Lipinski definition) is 0. The fourth-order valence-electron chi connectivity index (χ4n) is 2.77. The Labute approximate surface area is 160 Å². The Morgan fingerprint density at radius 3 is 2.14 bits per heavy atom. The van der Waals surface area contributed by atoms with Crippen LogP contribution in [0.15, 0.2) is 47.4 Å². The molecule has 1 amide bonds. The predicted molar refractivity (Wildman–Crippen MR) is 93.6 cm³/mol. The van der Waals surface area contributed by atoms with Crippen LogP contribution >= 0.6 is 0 Å². The summed E-state index contributed by atoms with van der Waals surface area (Å²) >= 11 is 0. The number of nitrogens with zero attached hydrogens (tertiary/aromatic N) is 2. The fraction of sp³-hybridized carbons (Fsp3) is 0.278. The molecule has 0 bridgehead atoms. The van der Waals surface area contributed by atoms with Gasteiger partial charge in [-0.2, -0.15) is 4.31 Å². The quantitative estimate of drug-likeness (QED) is 0.751. The van der Waals surface area contributed by atoms with E-state index in [0.717, 1.165) is 16.4 Å². The highest BCUT2D eigenvalue weighted by Crippen LogP contribution is 2.21. The van der Waals surface area contributed by atoms with Crippen molar-refractivity contribution in [2.75, 3.05) is 32.8 Å². The molecule has 0 aliphatic carbocycles. The van der Waals surface area contributed by atoms with Gasteiger partial charge in [-0.05, 0) is 36.4 Å². The van der Waals surface area contributed by atoms with Gasteiger partial charge in [-0.25, -0.2) is 21.6 Å². The average molecular weight is 414 g/mol. The van der Waals surface area contributed by atoms with Crippen LogP contribution in [-0.2, 0) is 14.8 Å². The zero-order chi connectivity index (χ0) is 20.3. The maximum Gasteiger partial charge on any atom is 0.260 e. The van der Waals surface area contributed by atoms with E-state index in [9.17, 15) is 26.4 Å². The normalized spacial score (nSPS) is 15.5. The molecule has 0 radical (unpaired) electrons. The smallest absolute Gasteiger partial charge is 0.260 e. The van der Waals surface area contributed by atoms with Crippen molar-refractivity contribution in [1.29, 1.82) is 0 Å². The van der Waals surface area contributed by atoms with Crippen LogP contribution in [0.4, 0.5) is 13.2 Å². The van der Waals surface area contributed by atoms with E-state index in [2.05, 4.69) is 0 Å². The van der Waals surface area contributed by atoms with Gasteiger partial charge in [0, 0.05) is 32.2 Å². The molecule has 2 aromatic rings. The van der Waals surface area contributed by atoms with Crippen LogP contribution < -0.4 is 4.74 Å². The first-order chi connectivity index (χ1) is 13.3. The molecule has 0 spiro atoms. The van der Waals surface area contributed by atoms with Crippen LogP contribution in [0.25, 0.3) is 0 Å². The van der Waals surface area contributed by atoms with Crippen molar-refractivity contribution in [3.8, 4) is 5.75 Å². The highest BCUT2D eigenvalue weighted by Gasteiger charge is 2.32. The summed E-state index contributed by atoms with van der Waals surface area (Å²) in [6.45, 7) is -0.116. The molecule has 0 unspecified atom stereocenters. The second-order valence-corrected chi connectivity index (χ2v) is 8.01. The number of carbonyl (C=O) groups excluding carboxylic acids is 1. The van der Waals surface area contributed by atoms with Crippen LogP contribution in [0.3, 0.4) is 0 Å². The summed E-state index contributed by atoms with van der Waals surface area (Å²) in [4.78, 5) is 13.0. The van der Waals surface area contributed by atoms with Crippen LogP contribution in [0.5, 0.6) is 5.75 Å². The molecule has 1 saturated heterocycles. The van der Waals surface area contributed by atoms with E-state index in [1.807, 2.05) is 0 Å². The lowest BCUT2D eigenvalue weighted by molar-refractivity contribution is -0.134. The molecular formula is C18H17F3N2O4S. The summed E-state index contributed by atoms with van der Waals surface area (Å²) < 4.78 is 71.1. The molecular weight excluding hydrogens is 397 g/mol. The fourth-order valence-corrected chi connectivity index (χ4v) is 4.24. The number of amides is 1. The number of carbonyl (C=O) groups is 1. The Bertz CT molecular complexity index is 959. The van der Waals surface area contributed by atoms with Crippen molar-refractivity contribution in [2.45, 2.75) is 4.90 Å². The number of sulfonamides is 1. The largest absolute Gasteiger partial charge is 0.484 e. The van der Waals surface area contributed by atoms with E-state index < -0.39 is 32.4 Å². The monoisotopic (exact) mass is 414 g/mol. The first kappa shape index (κ1) is 20.2. The minimum Gasteiger partial charge on any atom is -0.484 e. The van der Waals surface area contributed by atoms with Crippen molar-refractivity contribution in [1.82, 2.24) is 9.21 Å². The van der Waals surface area contributed by atoms with Crippen LogP contribution in [0.2, 0.25) is 0 Å². The lowest BCUT2D eigenvalue weighted by Crippen LogP contribution is -2.51. The lowest BCUT2D eigenvalue weighted by atomic mass is 10.3. The van der Waals surface area contributed by atoms with Gasteiger partial charge in [0.2, 0.25) is 10.0 Å². The van der Waals surface area contributed by atoms with Crippen molar-refractivity contribution < 1.29 is 31.1 Å². The molecule has 1 fully saturated rings. The van der Waals surface area contributed by atoms with E-state index in [4.69, 9.17) is 4.74 Å². The van der Waals surface area contributed by atoms with Gasteiger partial charge in [0.05, 0.1) is 0 Å². The molecule has 150 valence electrons. The molecule has 0 aromatic heterocycles. The molecule has 0 N–H and O–H groups in total. The van der Waals surface area contributed by atoms with Gasteiger partial charge in [0.1, 0.15) is 28.1 Å². The van der Waals surface area contributed by atoms with Gasteiger partial charge in [-0.3, -0.25) is 4.79 Å². The first-order valence-corrected chi connectivity index (χ1v) is 9.83. The van der Waals surface area contributed by atoms with Crippen LogP contribution in [0, 0.1) is 17.5 Å². The Morgan fingerprint density at radius 1 is 0.929 bits per heavy atom. The second-order valence-electron chi connectivity index (χ2n) is 6.10. The zero-order valence-corrected chi connectivity index (χ0v) is 15.5. The first-order valence-electron chi connectivity index (χ1n) is 8.39. The third-order valence-electron chi connectivity index (χ3n) is 4.28. The summed E-state index contributed by atoms with van der Waals surface area (Å²) in [7, 11) is -4.13. The number of ether oxygens (including phenoxy) is 1. The molecule has 1 aliphatic rings. The maximum atomic E-state index is 13.8. The van der Waals surface area contributed by atoms with E-state index >= 15 is 0 Å². The van der Waals surface area contributed by atoms with E-state index in [-0.39, 0.29) is 38.7 Å². The summed E-state index contributed by atoms with van der Waals surface area (Å²) in [6, 6.07) is 7.47. The molecule has 28 heavy (non-hydrogen) atoms. The second kappa shape index (κ2) is 8.19. The number of piperazine rings is 1. The third-order valence-corrected chi connectivity index (χ3v) is 6.21. The Hall–Kier alpha value is -2.59. The highest BCUT2D eigenvalue weighted by molar-refractivity contribution is 7.89. The maximum absolute atomic E-state index is 13.8. The molecule has 10 heteroatoms. The highest BCUT2D eigenvalue weighted by atomic mass is 32.2. The van der Waals surface area contributed by atoms with Gasteiger partial charge in [-0.1, -0.05) is 0 Å². The van der Waals surface area contributed by atoms with Crippen molar-refractivity contribution in [2.24, 2.45) is 0 Å². The molecule has 2 aromatic carbocycles. The van der Waals surface area contributed by atoms with Gasteiger partial charge < -0.3 is 9.64 Å². The number of halogens is 3. The summed E-state index contributed by atoms with van der Waals surface area (Å²) in [5.41, 5.74) is 0. The van der Waals surface area contributed by atoms with E-state index in [1.54, 1.807) is 0 Å². The van der Waals surface area contributed by atoms with Gasteiger partial charge in [-0.15, -0.1) is 0 Å². The predicted octanol–water partition coefficient (Wildman–Crippen LogP) is 2.02.